The van der Waals surface area contributed by atoms with Crippen LogP contribution in [0.4, 0.5) is 0 Å². The molecule has 1 rings (SSSR count). The van der Waals surface area contributed by atoms with Crippen LogP contribution in [0.15, 0.2) is 42.1 Å². The van der Waals surface area contributed by atoms with E-state index >= 15 is 0 Å². The number of carbonyl (C=O) groups is 1. The molecule has 5 heteroatoms. The lowest BCUT2D eigenvalue weighted by atomic mass is 10.1. The van der Waals surface area contributed by atoms with Crippen LogP contribution in [0.5, 0.6) is 0 Å². The number of methoxy groups -OCH3 is 1. The van der Waals surface area contributed by atoms with Crippen LogP contribution in [-0.4, -0.2) is 40.0 Å². The van der Waals surface area contributed by atoms with Crippen LogP contribution >= 0.6 is 0 Å². The number of hydrogen-bond acceptors (Lipinski definition) is 3. The Bertz CT molecular complexity index is 563. The Morgan fingerprint density at radius 1 is 1.38 bits per heavy atom. The second-order valence-corrected chi connectivity index (χ2v) is 10.8. The van der Waals surface area contributed by atoms with Crippen LogP contribution in [0, 0.1) is 0 Å². The largest absolute Gasteiger partial charge is 0.359 e. The quantitative estimate of drug-likeness (QED) is 0.521. The van der Waals surface area contributed by atoms with Gasteiger partial charge in [0.15, 0.2) is 0 Å². The molecule has 0 aliphatic heterocycles. The standard InChI is InChI=1S/C19H31NO3Si/c1-6-10-18(20-16(2)21)19(23-15-22-3)13-14-24(4,5)17-11-8-7-9-12-17/h7-9,11-14,18-19H,6,10,15H2,1-5H3,(H,20,21)/b14-13+/t18-,19+/m1/s1/i13D. The van der Waals surface area contributed by atoms with E-state index in [0.29, 0.717) is 6.05 Å². The van der Waals surface area contributed by atoms with Gasteiger partial charge in [-0.05, 0) is 6.42 Å². The molecule has 0 fully saturated rings. The van der Waals surface area contributed by atoms with Crippen molar-refractivity contribution in [1.29, 1.82) is 0 Å². The number of rotatable bonds is 10. The molecule has 24 heavy (non-hydrogen) atoms. The van der Waals surface area contributed by atoms with Crippen molar-refractivity contribution >= 4 is 19.2 Å². The number of carbonyl (C=O) groups excluding carboxylic acids is 1. The molecule has 0 saturated heterocycles. The lowest BCUT2D eigenvalue weighted by Gasteiger charge is -2.26. The number of nitrogens with one attached hydrogen (secondary N) is 1. The molecule has 2 atom stereocenters. The van der Waals surface area contributed by atoms with Crippen LogP contribution in [0.25, 0.3) is 0 Å². The molecular weight excluding hydrogens is 318 g/mol. The molecule has 0 bridgehead atoms. The van der Waals surface area contributed by atoms with Gasteiger partial charge in [-0.1, -0.05) is 73.7 Å². The second kappa shape index (κ2) is 10.4. The molecule has 0 spiro atoms. The Morgan fingerprint density at radius 3 is 2.58 bits per heavy atom. The molecule has 1 N–H and O–H groups in total. The van der Waals surface area contributed by atoms with Crippen molar-refractivity contribution in [2.75, 3.05) is 13.9 Å². The molecule has 0 heterocycles. The van der Waals surface area contributed by atoms with E-state index < -0.39 is 14.2 Å². The highest BCUT2D eigenvalue weighted by Crippen LogP contribution is 2.12. The molecule has 0 aliphatic carbocycles. The predicted molar refractivity (Wildman–Crippen MR) is 102 cm³/mol. The van der Waals surface area contributed by atoms with Crippen molar-refractivity contribution < 1.29 is 15.6 Å². The third-order valence-electron chi connectivity index (χ3n) is 3.85. The minimum atomic E-state index is -1.94. The van der Waals surface area contributed by atoms with E-state index in [0.717, 1.165) is 12.8 Å². The van der Waals surface area contributed by atoms with E-state index in [1.165, 1.54) is 12.1 Å². The molecule has 0 saturated carbocycles. The van der Waals surface area contributed by atoms with Gasteiger partial charge in [0, 0.05) is 14.0 Å². The maximum atomic E-state index is 11.6. The van der Waals surface area contributed by atoms with Crippen LogP contribution in [0.2, 0.25) is 13.1 Å². The average molecular weight is 351 g/mol. The minimum Gasteiger partial charge on any atom is -0.359 e. The zero-order valence-corrected chi connectivity index (χ0v) is 16.5. The van der Waals surface area contributed by atoms with Crippen molar-refractivity contribution in [3.8, 4) is 0 Å². The predicted octanol–water partition coefficient (Wildman–Crippen LogP) is 2.99. The molecule has 0 unspecified atom stereocenters. The number of amides is 1. The van der Waals surface area contributed by atoms with Crippen molar-refractivity contribution in [3.05, 3.63) is 42.1 Å². The van der Waals surface area contributed by atoms with Gasteiger partial charge in [-0.3, -0.25) is 4.79 Å². The first kappa shape index (κ1) is 18.9. The van der Waals surface area contributed by atoms with E-state index in [1.54, 1.807) is 7.11 Å². The highest BCUT2D eigenvalue weighted by atomic mass is 28.3. The number of ether oxygens (including phenoxy) is 2. The fraction of sp³-hybridized carbons (Fsp3) is 0.526. The molecule has 1 aromatic carbocycles. The smallest absolute Gasteiger partial charge is 0.217 e. The monoisotopic (exact) mass is 350 g/mol. The molecule has 0 radical (unpaired) electrons. The first-order valence-electron chi connectivity index (χ1n) is 8.94. The van der Waals surface area contributed by atoms with E-state index in [4.69, 9.17) is 10.8 Å². The second-order valence-electron chi connectivity index (χ2n) is 6.49. The Hall–Kier alpha value is -1.43. The summed E-state index contributed by atoms with van der Waals surface area (Å²) in [5, 5.41) is 4.19. The van der Waals surface area contributed by atoms with Gasteiger partial charge in [0.25, 0.3) is 0 Å². The third kappa shape index (κ3) is 6.99. The van der Waals surface area contributed by atoms with Gasteiger partial charge in [0.05, 0.1) is 13.5 Å². The van der Waals surface area contributed by atoms with Crippen molar-refractivity contribution in [1.82, 2.24) is 5.32 Å². The number of hydrogen-bond donors (Lipinski definition) is 1. The van der Waals surface area contributed by atoms with Crippen molar-refractivity contribution in [3.63, 3.8) is 0 Å². The van der Waals surface area contributed by atoms with Gasteiger partial charge in [0.2, 0.25) is 5.91 Å². The van der Waals surface area contributed by atoms with E-state index in [9.17, 15) is 4.79 Å². The summed E-state index contributed by atoms with van der Waals surface area (Å²) in [6.45, 7) is 8.05. The first-order valence-corrected chi connectivity index (χ1v) is 11.5. The zero-order valence-electron chi connectivity index (χ0n) is 16.5. The van der Waals surface area contributed by atoms with Crippen LogP contribution in [0.3, 0.4) is 0 Å². The zero-order chi connectivity index (χ0) is 18.9. The molecule has 4 nitrogen and oxygen atoms in total. The third-order valence-corrected chi connectivity index (χ3v) is 6.56. The maximum absolute atomic E-state index is 11.6. The molecule has 0 aliphatic rings. The first-order chi connectivity index (χ1) is 11.8. The minimum absolute atomic E-state index is 0.0913. The lowest BCUT2D eigenvalue weighted by Crippen LogP contribution is -2.44. The Kier molecular flexibility index (Phi) is 8.22. The lowest BCUT2D eigenvalue weighted by molar-refractivity contribution is -0.122. The summed E-state index contributed by atoms with van der Waals surface area (Å²) in [5.74, 6) is -0.114. The fourth-order valence-corrected chi connectivity index (χ4v) is 4.33. The van der Waals surface area contributed by atoms with Gasteiger partial charge >= 0.3 is 0 Å². The van der Waals surface area contributed by atoms with Crippen molar-refractivity contribution in [2.24, 2.45) is 0 Å². The maximum Gasteiger partial charge on any atom is 0.217 e. The van der Waals surface area contributed by atoms with Gasteiger partial charge in [-0.25, -0.2) is 0 Å². The molecule has 134 valence electrons. The topological polar surface area (TPSA) is 47.6 Å². The number of benzene rings is 1. The fourth-order valence-electron chi connectivity index (χ4n) is 2.53. The Balaban J connectivity index is 3.12. The van der Waals surface area contributed by atoms with Gasteiger partial charge < -0.3 is 14.8 Å². The van der Waals surface area contributed by atoms with Gasteiger partial charge in [-0.2, -0.15) is 0 Å². The molecule has 1 amide bonds. The van der Waals surface area contributed by atoms with Crippen LogP contribution in [0.1, 0.15) is 28.1 Å². The van der Waals surface area contributed by atoms with E-state index in [-0.39, 0.29) is 18.7 Å². The Labute approximate surface area is 148 Å². The van der Waals surface area contributed by atoms with E-state index in [1.807, 2.05) is 23.9 Å². The normalized spacial score (nSPS) is 15.5. The molecular formula is C19H31NO3Si. The summed E-state index contributed by atoms with van der Waals surface area (Å²) in [4.78, 5) is 11.6. The molecule has 0 aromatic heterocycles. The summed E-state index contributed by atoms with van der Waals surface area (Å²) in [5.41, 5.74) is 2.03. The summed E-state index contributed by atoms with van der Waals surface area (Å²) in [6, 6.07) is 10.4. The Morgan fingerprint density at radius 2 is 2.04 bits per heavy atom. The SMILES string of the molecule is [2H]/C(=C\[Si](C)(C)c1ccccc1)[C@H](OCOC)[C@@H](CCC)NC(C)=O. The summed E-state index contributed by atoms with van der Waals surface area (Å²) in [7, 11) is -0.380. The van der Waals surface area contributed by atoms with Gasteiger partial charge in [-0.15, -0.1) is 0 Å². The molecule has 1 aromatic rings. The summed E-state index contributed by atoms with van der Waals surface area (Å²) < 4.78 is 19.4. The van der Waals surface area contributed by atoms with Gasteiger partial charge in [0.1, 0.15) is 14.9 Å². The summed E-state index contributed by atoms with van der Waals surface area (Å²) >= 11 is 0. The van der Waals surface area contributed by atoms with Crippen LogP contribution in [-0.2, 0) is 14.3 Å². The van der Waals surface area contributed by atoms with E-state index in [2.05, 4.69) is 37.5 Å². The summed E-state index contributed by atoms with van der Waals surface area (Å²) in [6.07, 6.45) is 1.13. The average Bonchev–Trinajstić information content (AvgIpc) is 2.55. The highest BCUT2D eigenvalue weighted by Gasteiger charge is 2.24. The van der Waals surface area contributed by atoms with Crippen molar-refractivity contribution in [2.45, 2.75) is 51.9 Å². The highest BCUT2D eigenvalue weighted by molar-refractivity contribution is 6.93. The van der Waals surface area contributed by atoms with Crippen LogP contribution < -0.4 is 10.5 Å².